The van der Waals surface area contributed by atoms with Gasteiger partial charge >= 0.3 is 5.97 Å². The maximum absolute atomic E-state index is 14.2. The van der Waals surface area contributed by atoms with Crippen molar-refractivity contribution in [1.82, 2.24) is 19.2 Å². The summed E-state index contributed by atoms with van der Waals surface area (Å²) >= 11 is 0. The van der Waals surface area contributed by atoms with Crippen molar-refractivity contribution < 1.29 is 14.3 Å². The molecule has 5 rings (SSSR count). The fraction of sp³-hybridized carbons (Fsp3) is 0.533. The van der Waals surface area contributed by atoms with Crippen LogP contribution in [0.15, 0.2) is 54.9 Å². The van der Waals surface area contributed by atoms with Crippen molar-refractivity contribution in [2.75, 3.05) is 32.7 Å². The zero-order valence-electron chi connectivity index (χ0n) is 22.2. The van der Waals surface area contributed by atoms with Gasteiger partial charge in [-0.25, -0.2) is 9.37 Å². The highest BCUT2D eigenvalue weighted by Gasteiger charge is 2.41. The molecule has 37 heavy (non-hydrogen) atoms. The summed E-state index contributed by atoms with van der Waals surface area (Å²) in [6, 6.07) is 12.5. The minimum atomic E-state index is -0.762. The maximum atomic E-state index is 14.2. The number of rotatable bonds is 7. The standard InChI is InChI=1S/C30H39FN4O2/c1-30(2,3)16-26(29(36)37)34-19-23(25(20-34)22-7-6-8-24(31)15-22)18-33-13-10-21(11-14-33)27-17-32-28-9-4-5-12-35(27)28/h4-9,12,15,17,21,23,25-26H,10-11,13-14,16,18-20H2,1-3H3,(H,36,37). The number of imidazole rings is 1. The Morgan fingerprint density at radius 1 is 1.14 bits per heavy atom. The molecule has 2 aliphatic heterocycles. The first-order valence-corrected chi connectivity index (χ1v) is 13.5. The summed E-state index contributed by atoms with van der Waals surface area (Å²) in [5.74, 6) is -0.128. The second-order valence-electron chi connectivity index (χ2n) is 12.2. The molecular weight excluding hydrogens is 467 g/mol. The Bertz CT molecular complexity index is 1230. The summed E-state index contributed by atoms with van der Waals surface area (Å²) in [7, 11) is 0. The van der Waals surface area contributed by atoms with Crippen LogP contribution >= 0.6 is 0 Å². The van der Waals surface area contributed by atoms with Crippen LogP contribution < -0.4 is 0 Å². The Morgan fingerprint density at radius 2 is 1.92 bits per heavy atom. The minimum absolute atomic E-state index is 0.0881. The summed E-state index contributed by atoms with van der Waals surface area (Å²) in [6.07, 6.45) is 6.86. The molecule has 1 aromatic carbocycles. The summed E-state index contributed by atoms with van der Waals surface area (Å²) in [5.41, 5.74) is 3.17. The van der Waals surface area contributed by atoms with E-state index in [0.717, 1.165) is 50.2 Å². The first kappa shape index (κ1) is 25.9. The summed E-state index contributed by atoms with van der Waals surface area (Å²) in [5, 5.41) is 10.1. The number of hydrogen-bond donors (Lipinski definition) is 1. The Labute approximate surface area is 219 Å². The van der Waals surface area contributed by atoms with Gasteiger partial charge in [0.25, 0.3) is 0 Å². The van der Waals surface area contributed by atoms with Crippen LogP contribution in [-0.2, 0) is 4.79 Å². The molecular formula is C30H39FN4O2. The molecule has 1 N–H and O–H groups in total. The predicted octanol–water partition coefficient (Wildman–Crippen LogP) is 5.26. The molecule has 2 saturated heterocycles. The van der Waals surface area contributed by atoms with E-state index in [1.54, 1.807) is 12.1 Å². The van der Waals surface area contributed by atoms with Crippen LogP contribution in [0.5, 0.6) is 0 Å². The second kappa shape index (κ2) is 10.5. The average Bonchev–Trinajstić information content (AvgIpc) is 3.47. The molecule has 3 atom stereocenters. The minimum Gasteiger partial charge on any atom is -0.480 e. The van der Waals surface area contributed by atoms with Crippen LogP contribution in [0.1, 0.15) is 63.1 Å². The van der Waals surface area contributed by atoms with Crippen molar-refractivity contribution in [2.45, 2.75) is 57.9 Å². The van der Waals surface area contributed by atoms with E-state index in [1.807, 2.05) is 24.4 Å². The highest BCUT2D eigenvalue weighted by atomic mass is 19.1. The van der Waals surface area contributed by atoms with Gasteiger partial charge in [-0.1, -0.05) is 39.0 Å². The molecule has 0 radical (unpaired) electrons. The van der Waals surface area contributed by atoms with Crippen molar-refractivity contribution in [3.63, 3.8) is 0 Å². The lowest BCUT2D eigenvalue weighted by atomic mass is 9.87. The van der Waals surface area contributed by atoms with Gasteiger partial charge < -0.3 is 14.4 Å². The van der Waals surface area contributed by atoms with Gasteiger partial charge in [0.05, 0.1) is 0 Å². The van der Waals surface area contributed by atoms with E-state index in [9.17, 15) is 14.3 Å². The molecule has 2 aromatic heterocycles. The predicted molar refractivity (Wildman–Crippen MR) is 143 cm³/mol. The Balaban J connectivity index is 1.30. The third-order valence-corrected chi connectivity index (χ3v) is 8.22. The van der Waals surface area contributed by atoms with Gasteiger partial charge in [-0.05, 0) is 73.5 Å². The molecule has 0 bridgehead atoms. The Hall–Kier alpha value is -2.77. The van der Waals surface area contributed by atoms with E-state index in [4.69, 9.17) is 0 Å². The first-order valence-electron chi connectivity index (χ1n) is 13.5. The van der Waals surface area contributed by atoms with Gasteiger partial charge in [-0.3, -0.25) is 9.69 Å². The number of aromatic nitrogens is 2. The third-order valence-electron chi connectivity index (χ3n) is 8.22. The summed E-state index contributed by atoms with van der Waals surface area (Å²) in [6.45, 7) is 10.6. The topological polar surface area (TPSA) is 61.1 Å². The van der Waals surface area contributed by atoms with Crippen molar-refractivity contribution >= 4 is 11.6 Å². The zero-order valence-corrected chi connectivity index (χ0v) is 22.2. The number of carboxylic acid groups (broad SMARTS) is 1. The summed E-state index contributed by atoms with van der Waals surface area (Å²) < 4.78 is 16.4. The lowest BCUT2D eigenvalue weighted by Crippen LogP contribution is -2.43. The smallest absolute Gasteiger partial charge is 0.320 e. The number of piperidine rings is 1. The molecule has 4 heterocycles. The van der Waals surface area contributed by atoms with Crippen LogP contribution in [0.25, 0.3) is 5.65 Å². The zero-order chi connectivity index (χ0) is 26.2. The molecule has 0 aliphatic carbocycles. The third kappa shape index (κ3) is 5.88. The molecule has 2 aliphatic rings. The van der Waals surface area contributed by atoms with Gasteiger partial charge in [0, 0.05) is 49.6 Å². The number of benzene rings is 1. The monoisotopic (exact) mass is 506 g/mol. The van der Waals surface area contributed by atoms with E-state index < -0.39 is 12.0 Å². The molecule has 0 saturated carbocycles. The van der Waals surface area contributed by atoms with Crippen molar-refractivity contribution in [1.29, 1.82) is 0 Å². The lowest BCUT2D eigenvalue weighted by Gasteiger charge is -2.34. The maximum Gasteiger partial charge on any atom is 0.320 e. The quantitative estimate of drug-likeness (QED) is 0.474. The van der Waals surface area contributed by atoms with Gasteiger partial charge in [0.1, 0.15) is 17.5 Å². The van der Waals surface area contributed by atoms with Gasteiger partial charge in [-0.2, -0.15) is 0 Å². The molecule has 3 aromatic rings. The van der Waals surface area contributed by atoms with E-state index in [0.29, 0.717) is 18.9 Å². The van der Waals surface area contributed by atoms with E-state index in [-0.39, 0.29) is 23.1 Å². The number of nitrogens with zero attached hydrogens (tertiary/aromatic N) is 4. The van der Waals surface area contributed by atoms with Crippen molar-refractivity contribution in [3.8, 4) is 0 Å². The van der Waals surface area contributed by atoms with Crippen molar-refractivity contribution in [2.24, 2.45) is 11.3 Å². The lowest BCUT2D eigenvalue weighted by molar-refractivity contribution is -0.144. The number of pyridine rings is 1. The number of carboxylic acids is 1. The number of fused-ring (bicyclic) bond motifs is 1. The first-order chi connectivity index (χ1) is 17.7. The van der Waals surface area contributed by atoms with E-state index in [1.165, 1.54) is 11.8 Å². The highest BCUT2D eigenvalue weighted by molar-refractivity contribution is 5.73. The fourth-order valence-corrected chi connectivity index (χ4v) is 6.41. The molecule has 6 nitrogen and oxygen atoms in total. The van der Waals surface area contributed by atoms with E-state index >= 15 is 0 Å². The van der Waals surface area contributed by atoms with Crippen LogP contribution in [0.4, 0.5) is 4.39 Å². The number of carbonyl (C=O) groups is 1. The molecule has 0 spiro atoms. The molecule has 3 unspecified atom stereocenters. The Morgan fingerprint density at radius 3 is 2.62 bits per heavy atom. The van der Waals surface area contributed by atoms with Crippen molar-refractivity contribution in [3.05, 3.63) is 71.9 Å². The molecule has 2 fully saturated rings. The number of likely N-dealkylation sites (tertiary alicyclic amines) is 2. The molecule has 0 amide bonds. The van der Waals surface area contributed by atoms with Crippen LogP contribution in [-0.4, -0.2) is 69.0 Å². The van der Waals surface area contributed by atoms with E-state index in [2.05, 4.69) is 52.2 Å². The molecule has 198 valence electrons. The number of aliphatic carboxylic acids is 1. The second-order valence-corrected chi connectivity index (χ2v) is 12.2. The number of hydrogen-bond acceptors (Lipinski definition) is 4. The highest BCUT2D eigenvalue weighted by Crippen LogP contribution is 2.38. The van der Waals surface area contributed by atoms with Crippen LogP contribution in [0.2, 0.25) is 0 Å². The average molecular weight is 507 g/mol. The number of halogens is 1. The largest absolute Gasteiger partial charge is 0.480 e. The fourth-order valence-electron chi connectivity index (χ4n) is 6.41. The SMILES string of the molecule is CC(C)(C)CC(C(=O)O)N1CC(CN2CCC(c3cnc4ccccn34)CC2)C(c2cccc(F)c2)C1. The van der Waals surface area contributed by atoms with Gasteiger partial charge in [0.2, 0.25) is 0 Å². The van der Waals surface area contributed by atoms with Crippen LogP contribution in [0, 0.1) is 17.2 Å². The summed E-state index contributed by atoms with van der Waals surface area (Å²) in [4.78, 5) is 21.5. The van der Waals surface area contributed by atoms with Gasteiger partial charge in [0.15, 0.2) is 0 Å². The van der Waals surface area contributed by atoms with Gasteiger partial charge in [-0.15, -0.1) is 0 Å². The van der Waals surface area contributed by atoms with Crippen LogP contribution in [0.3, 0.4) is 0 Å². The molecule has 7 heteroatoms. The Kier molecular flexibility index (Phi) is 7.37. The normalized spacial score (nSPS) is 23.0.